The van der Waals surface area contributed by atoms with Crippen molar-refractivity contribution in [1.82, 2.24) is 9.88 Å². The molecule has 1 aromatic heterocycles. The van der Waals surface area contributed by atoms with Crippen LogP contribution in [0.3, 0.4) is 0 Å². The SMILES string of the molecule is CCN(CC)Cc1csc(CCN)n1. The number of nitrogens with zero attached hydrogens (tertiary/aromatic N) is 2. The predicted octanol–water partition coefficient (Wildman–Crippen LogP) is 1.49. The standard InChI is InChI=1S/C10H19N3S/c1-3-13(4-2)7-9-8-14-10(12-9)5-6-11/h8H,3-7,11H2,1-2H3. The molecule has 80 valence electrons. The lowest BCUT2D eigenvalue weighted by atomic mass is 10.4. The molecular formula is C10H19N3S. The van der Waals surface area contributed by atoms with Crippen LogP contribution in [0.25, 0.3) is 0 Å². The number of thiazole rings is 1. The summed E-state index contributed by atoms with van der Waals surface area (Å²) in [6, 6.07) is 0. The Balaban J connectivity index is 2.49. The summed E-state index contributed by atoms with van der Waals surface area (Å²) in [6.07, 6.45) is 0.906. The van der Waals surface area contributed by atoms with Gasteiger partial charge < -0.3 is 5.73 Å². The summed E-state index contributed by atoms with van der Waals surface area (Å²) < 4.78 is 0. The molecule has 0 saturated heterocycles. The van der Waals surface area contributed by atoms with Crippen LogP contribution < -0.4 is 5.73 Å². The van der Waals surface area contributed by atoms with Crippen LogP contribution >= 0.6 is 11.3 Å². The van der Waals surface area contributed by atoms with Gasteiger partial charge in [0, 0.05) is 18.3 Å². The smallest absolute Gasteiger partial charge is 0.0941 e. The Bertz CT molecular complexity index is 256. The quantitative estimate of drug-likeness (QED) is 0.778. The molecule has 1 aromatic rings. The Labute approximate surface area is 89.9 Å². The van der Waals surface area contributed by atoms with E-state index in [-0.39, 0.29) is 0 Å². The number of hydrogen-bond donors (Lipinski definition) is 1. The molecule has 0 fully saturated rings. The third-order valence-corrected chi connectivity index (χ3v) is 3.19. The van der Waals surface area contributed by atoms with Crippen LogP contribution in [-0.4, -0.2) is 29.5 Å². The van der Waals surface area contributed by atoms with E-state index in [1.807, 2.05) is 0 Å². The summed E-state index contributed by atoms with van der Waals surface area (Å²) in [4.78, 5) is 6.89. The van der Waals surface area contributed by atoms with Gasteiger partial charge in [-0.25, -0.2) is 4.98 Å². The van der Waals surface area contributed by atoms with Crippen molar-refractivity contribution in [3.05, 3.63) is 16.1 Å². The third kappa shape index (κ3) is 3.36. The van der Waals surface area contributed by atoms with Crippen molar-refractivity contribution in [1.29, 1.82) is 0 Å². The molecule has 0 radical (unpaired) electrons. The number of aromatic nitrogens is 1. The Morgan fingerprint density at radius 2 is 2.14 bits per heavy atom. The molecule has 3 nitrogen and oxygen atoms in total. The second-order valence-electron chi connectivity index (χ2n) is 3.23. The minimum absolute atomic E-state index is 0.693. The van der Waals surface area contributed by atoms with Crippen molar-refractivity contribution >= 4 is 11.3 Å². The minimum Gasteiger partial charge on any atom is -0.330 e. The maximum Gasteiger partial charge on any atom is 0.0941 e. The first-order chi connectivity index (χ1) is 6.80. The summed E-state index contributed by atoms with van der Waals surface area (Å²) in [5.74, 6) is 0. The first-order valence-electron chi connectivity index (χ1n) is 5.15. The van der Waals surface area contributed by atoms with Gasteiger partial charge in [0.15, 0.2) is 0 Å². The first kappa shape index (κ1) is 11.6. The van der Waals surface area contributed by atoms with E-state index in [1.54, 1.807) is 11.3 Å². The van der Waals surface area contributed by atoms with Crippen molar-refractivity contribution in [2.75, 3.05) is 19.6 Å². The van der Waals surface area contributed by atoms with Crippen LogP contribution in [0.1, 0.15) is 24.5 Å². The zero-order valence-electron chi connectivity index (χ0n) is 8.99. The van der Waals surface area contributed by atoms with Crippen molar-refractivity contribution < 1.29 is 0 Å². The average molecular weight is 213 g/mol. The van der Waals surface area contributed by atoms with Gasteiger partial charge in [-0.3, -0.25) is 4.90 Å². The minimum atomic E-state index is 0.693. The molecule has 0 aliphatic carbocycles. The Morgan fingerprint density at radius 3 is 2.71 bits per heavy atom. The van der Waals surface area contributed by atoms with E-state index in [2.05, 4.69) is 29.1 Å². The summed E-state index contributed by atoms with van der Waals surface area (Å²) in [7, 11) is 0. The van der Waals surface area contributed by atoms with Gasteiger partial charge in [0.1, 0.15) is 0 Å². The molecule has 1 heterocycles. The molecule has 0 saturated carbocycles. The maximum atomic E-state index is 5.48. The molecule has 0 aliphatic rings. The molecule has 14 heavy (non-hydrogen) atoms. The van der Waals surface area contributed by atoms with Gasteiger partial charge in [-0.1, -0.05) is 13.8 Å². The molecule has 0 spiro atoms. The molecule has 0 amide bonds. The van der Waals surface area contributed by atoms with Gasteiger partial charge in [0.25, 0.3) is 0 Å². The lowest BCUT2D eigenvalue weighted by molar-refractivity contribution is 0.292. The highest BCUT2D eigenvalue weighted by atomic mass is 32.1. The molecule has 0 aliphatic heterocycles. The van der Waals surface area contributed by atoms with E-state index < -0.39 is 0 Å². The van der Waals surface area contributed by atoms with Crippen LogP contribution in [0.5, 0.6) is 0 Å². The Hall–Kier alpha value is -0.450. The first-order valence-corrected chi connectivity index (χ1v) is 6.03. The van der Waals surface area contributed by atoms with E-state index in [0.717, 1.165) is 31.1 Å². The van der Waals surface area contributed by atoms with Crippen LogP contribution in [0.4, 0.5) is 0 Å². The lowest BCUT2D eigenvalue weighted by Gasteiger charge is -2.15. The highest BCUT2D eigenvalue weighted by Gasteiger charge is 2.05. The largest absolute Gasteiger partial charge is 0.330 e. The van der Waals surface area contributed by atoms with Gasteiger partial charge >= 0.3 is 0 Å². The predicted molar refractivity (Wildman–Crippen MR) is 61.5 cm³/mol. The molecule has 0 unspecified atom stereocenters. The monoisotopic (exact) mass is 213 g/mol. The topological polar surface area (TPSA) is 42.1 Å². The highest BCUT2D eigenvalue weighted by molar-refractivity contribution is 7.09. The van der Waals surface area contributed by atoms with Crippen LogP contribution in [0.2, 0.25) is 0 Å². The maximum absolute atomic E-state index is 5.48. The van der Waals surface area contributed by atoms with Crippen molar-refractivity contribution in [3.8, 4) is 0 Å². The van der Waals surface area contributed by atoms with E-state index in [4.69, 9.17) is 5.73 Å². The number of rotatable bonds is 6. The third-order valence-electron chi connectivity index (χ3n) is 2.24. The molecule has 0 atom stereocenters. The fourth-order valence-electron chi connectivity index (χ4n) is 1.34. The van der Waals surface area contributed by atoms with E-state index in [0.29, 0.717) is 6.54 Å². The highest BCUT2D eigenvalue weighted by Crippen LogP contribution is 2.11. The van der Waals surface area contributed by atoms with E-state index in [1.165, 1.54) is 5.69 Å². The van der Waals surface area contributed by atoms with Crippen molar-refractivity contribution in [2.45, 2.75) is 26.8 Å². The van der Waals surface area contributed by atoms with Crippen LogP contribution in [0, 0.1) is 0 Å². The van der Waals surface area contributed by atoms with Gasteiger partial charge in [-0.2, -0.15) is 0 Å². The van der Waals surface area contributed by atoms with Crippen molar-refractivity contribution in [2.24, 2.45) is 5.73 Å². The summed E-state index contributed by atoms with van der Waals surface area (Å²) in [6.45, 7) is 8.18. The summed E-state index contributed by atoms with van der Waals surface area (Å²) in [5.41, 5.74) is 6.66. The zero-order chi connectivity index (χ0) is 10.4. The number of nitrogens with two attached hydrogens (primary N) is 1. The van der Waals surface area contributed by atoms with Gasteiger partial charge in [-0.05, 0) is 19.6 Å². The Morgan fingerprint density at radius 1 is 1.43 bits per heavy atom. The second kappa shape index (κ2) is 6.11. The normalized spacial score (nSPS) is 11.1. The average Bonchev–Trinajstić information content (AvgIpc) is 2.63. The molecule has 1 rings (SSSR count). The van der Waals surface area contributed by atoms with Gasteiger partial charge in [0.05, 0.1) is 10.7 Å². The Kier molecular flexibility index (Phi) is 5.07. The molecule has 0 aromatic carbocycles. The molecule has 4 heteroatoms. The van der Waals surface area contributed by atoms with Gasteiger partial charge in [-0.15, -0.1) is 11.3 Å². The van der Waals surface area contributed by atoms with E-state index in [9.17, 15) is 0 Å². The summed E-state index contributed by atoms with van der Waals surface area (Å²) in [5, 5.41) is 3.30. The summed E-state index contributed by atoms with van der Waals surface area (Å²) >= 11 is 1.72. The molecule has 0 bridgehead atoms. The zero-order valence-corrected chi connectivity index (χ0v) is 9.81. The van der Waals surface area contributed by atoms with Crippen LogP contribution in [-0.2, 0) is 13.0 Å². The fourth-order valence-corrected chi connectivity index (χ4v) is 2.14. The molecule has 2 N–H and O–H groups in total. The van der Waals surface area contributed by atoms with Crippen LogP contribution in [0.15, 0.2) is 5.38 Å². The number of hydrogen-bond acceptors (Lipinski definition) is 4. The van der Waals surface area contributed by atoms with E-state index >= 15 is 0 Å². The van der Waals surface area contributed by atoms with Gasteiger partial charge in [0.2, 0.25) is 0 Å². The molecular weight excluding hydrogens is 194 g/mol. The fraction of sp³-hybridized carbons (Fsp3) is 0.700. The van der Waals surface area contributed by atoms with Crippen molar-refractivity contribution in [3.63, 3.8) is 0 Å². The second-order valence-corrected chi connectivity index (χ2v) is 4.18. The lowest BCUT2D eigenvalue weighted by Crippen LogP contribution is -2.22.